The maximum Gasteiger partial charge on any atom is 0.157 e. The number of hydrogen-bond donors (Lipinski definition) is 1. The van der Waals surface area contributed by atoms with Crippen LogP contribution in [0.1, 0.15) is 22.4 Å². The number of fused-ring (bicyclic) bond motifs is 1. The Hall–Kier alpha value is -3.63. The monoisotopic (exact) mass is 439 g/mol. The van der Waals surface area contributed by atoms with E-state index in [1.807, 2.05) is 60.7 Å². The van der Waals surface area contributed by atoms with Gasteiger partial charge in [-0.05, 0) is 60.5 Å². The van der Waals surface area contributed by atoms with Gasteiger partial charge in [-0.25, -0.2) is 9.97 Å². The predicted molar refractivity (Wildman–Crippen MR) is 129 cm³/mol. The van der Waals surface area contributed by atoms with Gasteiger partial charge in [-0.2, -0.15) is 0 Å². The van der Waals surface area contributed by atoms with Gasteiger partial charge < -0.3 is 9.72 Å². The number of ether oxygens (including phenoxy) is 1. The minimum atomic E-state index is 0.501. The molecule has 0 aliphatic carbocycles. The van der Waals surface area contributed by atoms with E-state index in [4.69, 9.17) is 26.3 Å². The van der Waals surface area contributed by atoms with Crippen molar-refractivity contribution in [2.75, 3.05) is 0 Å². The van der Waals surface area contributed by atoms with E-state index in [9.17, 15) is 0 Å². The Kier molecular flexibility index (Phi) is 5.61. The second kappa shape index (κ2) is 8.85. The normalized spacial score (nSPS) is 11.1. The van der Waals surface area contributed by atoms with Gasteiger partial charge in [-0.1, -0.05) is 54.1 Å². The summed E-state index contributed by atoms with van der Waals surface area (Å²) < 4.78 is 6.11. The van der Waals surface area contributed by atoms with E-state index in [-0.39, 0.29) is 0 Å². The van der Waals surface area contributed by atoms with Crippen LogP contribution < -0.4 is 4.74 Å². The minimum absolute atomic E-state index is 0.501. The molecule has 2 aromatic heterocycles. The highest BCUT2D eigenvalue weighted by Crippen LogP contribution is 2.27. The summed E-state index contributed by atoms with van der Waals surface area (Å²) in [5.74, 6) is 1.57. The average Bonchev–Trinajstić information content (AvgIpc) is 3.23. The fourth-order valence-corrected chi connectivity index (χ4v) is 3.90. The van der Waals surface area contributed by atoms with Gasteiger partial charge in [0.25, 0.3) is 0 Å². The van der Waals surface area contributed by atoms with E-state index in [2.05, 4.69) is 36.2 Å². The highest BCUT2D eigenvalue weighted by atomic mass is 35.5. The summed E-state index contributed by atoms with van der Waals surface area (Å²) in [6.45, 7) is 2.57. The Bertz CT molecular complexity index is 1380. The lowest BCUT2D eigenvalue weighted by Crippen LogP contribution is -2.01. The Labute approximate surface area is 191 Å². The van der Waals surface area contributed by atoms with Gasteiger partial charge in [0.15, 0.2) is 5.82 Å². The molecule has 3 aromatic carbocycles. The van der Waals surface area contributed by atoms with Crippen molar-refractivity contribution in [3.8, 4) is 17.3 Å². The first-order chi connectivity index (χ1) is 15.6. The molecule has 0 atom stereocenters. The van der Waals surface area contributed by atoms with Crippen molar-refractivity contribution < 1.29 is 4.74 Å². The number of nitrogens with zero attached hydrogens (tertiary/aromatic N) is 2. The van der Waals surface area contributed by atoms with Crippen LogP contribution in [0, 0.1) is 6.92 Å². The van der Waals surface area contributed by atoms with Crippen LogP contribution in [0.3, 0.4) is 0 Å². The van der Waals surface area contributed by atoms with Crippen LogP contribution in [0.4, 0.5) is 0 Å². The molecule has 0 unspecified atom stereocenters. The highest BCUT2D eigenvalue weighted by Gasteiger charge is 2.11. The van der Waals surface area contributed by atoms with E-state index in [1.165, 1.54) is 5.56 Å². The van der Waals surface area contributed by atoms with Crippen LogP contribution >= 0.6 is 11.6 Å². The molecule has 5 rings (SSSR count). The molecule has 0 bridgehead atoms. The van der Waals surface area contributed by atoms with Gasteiger partial charge in [-0.15, -0.1) is 0 Å². The third kappa shape index (κ3) is 4.51. The highest BCUT2D eigenvalue weighted by molar-refractivity contribution is 6.30. The Morgan fingerprint density at radius 1 is 0.875 bits per heavy atom. The largest absolute Gasteiger partial charge is 0.489 e. The number of hydrogen-bond acceptors (Lipinski definition) is 3. The SMILES string of the molecule is Cc1ccc2[nH]c(-c3cccc(Cc4cc(Cl)ccc4OCc4ccccc4)n3)nc2c1. The molecule has 32 heavy (non-hydrogen) atoms. The summed E-state index contributed by atoms with van der Waals surface area (Å²) in [5.41, 5.74) is 6.98. The van der Waals surface area contributed by atoms with Gasteiger partial charge >= 0.3 is 0 Å². The van der Waals surface area contributed by atoms with E-state index in [0.29, 0.717) is 18.1 Å². The Balaban J connectivity index is 1.41. The number of imidazole rings is 1. The number of nitrogens with one attached hydrogen (secondary N) is 1. The molecule has 1 N–H and O–H groups in total. The fraction of sp³-hybridized carbons (Fsp3) is 0.111. The van der Waals surface area contributed by atoms with Gasteiger partial charge in [0.1, 0.15) is 18.1 Å². The molecule has 0 saturated carbocycles. The molecule has 0 aliphatic rings. The van der Waals surface area contributed by atoms with Gasteiger partial charge in [-0.3, -0.25) is 0 Å². The van der Waals surface area contributed by atoms with Crippen molar-refractivity contribution in [2.24, 2.45) is 0 Å². The maximum absolute atomic E-state index is 6.29. The van der Waals surface area contributed by atoms with Crippen LogP contribution in [0.25, 0.3) is 22.6 Å². The lowest BCUT2D eigenvalue weighted by atomic mass is 10.1. The first kappa shape index (κ1) is 20.3. The van der Waals surface area contributed by atoms with Crippen LogP contribution in [0.2, 0.25) is 5.02 Å². The average molecular weight is 440 g/mol. The van der Waals surface area contributed by atoms with Crippen molar-refractivity contribution in [3.63, 3.8) is 0 Å². The van der Waals surface area contributed by atoms with Gasteiger partial charge in [0.05, 0.1) is 11.0 Å². The molecule has 0 fully saturated rings. The summed E-state index contributed by atoms with van der Waals surface area (Å²) >= 11 is 6.29. The summed E-state index contributed by atoms with van der Waals surface area (Å²) in [5, 5.41) is 0.677. The van der Waals surface area contributed by atoms with Crippen LogP contribution in [-0.4, -0.2) is 15.0 Å². The molecule has 5 aromatic rings. The minimum Gasteiger partial charge on any atom is -0.489 e. The van der Waals surface area contributed by atoms with Crippen molar-refractivity contribution >= 4 is 22.6 Å². The Morgan fingerprint density at radius 3 is 2.62 bits per heavy atom. The number of halogens is 1. The van der Waals surface area contributed by atoms with E-state index in [0.717, 1.165) is 45.1 Å². The summed E-state index contributed by atoms with van der Waals surface area (Å²) in [4.78, 5) is 12.9. The zero-order valence-electron chi connectivity index (χ0n) is 17.7. The molecular weight excluding hydrogens is 418 g/mol. The number of pyridine rings is 1. The number of aromatic amines is 1. The quantitative estimate of drug-likeness (QED) is 0.318. The number of rotatable bonds is 6. The van der Waals surface area contributed by atoms with Gasteiger partial charge in [0.2, 0.25) is 0 Å². The summed E-state index contributed by atoms with van der Waals surface area (Å²) in [6.07, 6.45) is 0.609. The maximum atomic E-state index is 6.29. The third-order valence-electron chi connectivity index (χ3n) is 5.32. The molecule has 2 heterocycles. The van der Waals surface area contributed by atoms with Crippen molar-refractivity contribution in [3.05, 3.63) is 112 Å². The van der Waals surface area contributed by atoms with Crippen molar-refractivity contribution in [1.82, 2.24) is 15.0 Å². The molecule has 0 amide bonds. The third-order valence-corrected chi connectivity index (χ3v) is 5.55. The van der Waals surface area contributed by atoms with Crippen molar-refractivity contribution in [2.45, 2.75) is 20.0 Å². The van der Waals surface area contributed by atoms with Crippen LogP contribution in [0.15, 0.2) is 84.9 Å². The second-order valence-corrected chi connectivity index (χ2v) is 8.26. The number of aryl methyl sites for hydroxylation is 1. The molecular formula is C27H22ClN3O. The lowest BCUT2D eigenvalue weighted by Gasteiger charge is -2.12. The lowest BCUT2D eigenvalue weighted by molar-refractivity contribution is 0.303. The second-order valence-electron chi connectivity index (χ2n) is 7.82. The van der Waals surface area contributed by atoms with Crippen LogP contribution in [0.5, 0.6) is 5.75 Å². The topological polar surface area (TPSA) is 50.8 Å². The molecule has 4 nitrogen and oxygen atoms in total. The zero-order chi connectivity index (χ0) is 21.9. The molecule has 0 aliphatic heterocycles. The standard InChI is InChI=1S/C27H22ClN3O/c1-18-10-12-23-25(14-18)31-27(30-23)24-9-5-8-22(29-24)16-20-15-21(28)11-13-26(20)32-17-19-6-3-2-4-7-19/h2-15H,16-17H2,1H3,(H,30,31). The molecule has 0 spiro atoms. The fourth-order valence-electron chi connectivity index (χ4n) is 3.70. The summed E-state index contributed by atoms with van der Waals surface area (Å²) in [6, 6.07) is 28.0. The number of benzene rings is 3. The smallest absolute Gasteiger partial charge is 0.157 e. The first-order valence-corrected chi connectivity index (χ1v) is 10.9. The van der Waals surface area contributed by atoms with Crippen LogP contribution in [-0.2, 0) is 13.0 Å². The summed E-state index contributed by atoms with van der Waals surface area (Å²) in [7, 11) is 0. The Morgan fingerprint density at radius 2 is 1.75 bits per heavy atom. The van der Waals surface area contributed by atoms with E-state index < -0.39 is 0 Å². The predicted octanol–water partition coefficient (Wildman–Crippen LogP) is 6.76. The van der Waals surface area contributed by atoms with Gasteiger partial charge in [0, 0.05) is 22.7 Å². The number of H-pyrrole nitrogens is 1. The molecule has 158 valence electrons. The zero-order valence-corrected chi connectivity index (χ0v) is 18.4. The molecule has 0 saturated heterocycles. The number of aromatic nitrogens is 3. The van der Waals surface area contributed by atoms with E-state index >= 15 is 0 Å². The first-order valence-electron chi connectivity index (χ1n) is 10.5. The van der Waals surface area contributed by atoms with Crippen molar-refractivity contribution in [1.29, 1.82) is 0 Å². The van der Waals surface area contributed by atoms with E-state index in [1.54, 1.807) is 0 Å². The molecule has 5 heteroatoms. The molecule has 0 radical (unpaired) electrons.